The van der Waals surface area contributed by atoms with Crippen molar-refractivity contribution in [1.82, 2.24) is 25.2 Å². The molecule has 4 aromatic rings. The van der Waals surface area contributed by atoms with Gasteiger partial charge in [-0.05, 0) is 41.6 Å². The number of fused-ring (bicyclic) bond motifs is 1. The van der Waals surface area contributed by atoms with Crippen LogP contribution in [-0.4, -0.2) is 25.2 Å². The van der Waals surface area contributed by atoms with Gasteiger partial charge in [-0.25, -0.2) is 9.37 Å². The number of rotatable bonds is 5. The Labute approximate surface area is 158 Å². The van der Waals surface area contributed by atoms with Crippen molar-refractivity contribution >= 4 is 34.3 Å². The van der Waals surface area contributed by atoms with Crippen LogP contribution in [0.2, 0.25) is 5.15 Å². The van der Waals surface area contributed by atoms with E-state index in [4.69, 9.17) is 11.6 Å². The highest BCUT2D eigenvalue weighted by Gasteiger charge is 2.10. The first-order valence-electron chi connectivity index (χ1n) is 7.86. The Kier molecular flexibility index (Phi) is 4.81. The van der Waals surface area contributed by atoms with Crippen molar-refractivity contribution in [3.8, 4) is 0 Å². The smallest absolute Gasteiger partial charge is 0.185 e. The lowest BCUT2D eigenvalue weighted by molar-refractivity contribution is 0.570. The van der Waals surface area contributed by atoms with Crippen LogP contribution in [0.5, 0.6) is 0 Å². The largest absolute Gasteiger partial charge is 0.236 e. The summed E-state index contributed by atoms with van der Waals surface area (Å²) in [7, 11) is 0. The van der Waals surface area contributed by atoms with E-state index in [0.29, 0.717) is 39.7 Å². The molecule has 4 rings (SSSR count). The van der Waals surface area contributed by atoms with E-state index in [1.165, 1.54) is 16.9 Å². The topological polar surface area (TPSA) is 56.5 Å². The quantitative estimate of drug-likeness (QED) is 0.377. The van der Waals surface area contributed by atoms with E-state index in [1.807, 2.05) is 30.3 Å². The zero-order chi connectivity index (χ0) is 17.9. The van der Waals surface area contributed by atoms with Gasteiger partial charge in [0.05, 0.1) is 17.8 Å². The zero-order valence-corrected chi connectivity index (χ0v) is 15.1. The highest BCUT2D eigenvalue weighted by atomic mass is 35.5. The van der Waals surface area contributed by atoms with Crippen molar-refractivity contribution in [3.63, 3.8) is 0 Å². The summed E-state index contributed by atoms with van der Waals surface area (Å²) in [6.07, 6.45) is 0. The Morgan fingerprint density at radius 3 is 2.77 bits per heavy atom. The second-order valence-electron chi connectivity index (χ2n) is 5.61. The predicted molar refractivity (Wildman–Crippen MR) is 99.6 cm³/mol. The van der Waals surface area contributed by atoms with Gasteiger partial charge >= 0.3 is 0 Å². The predicted octanol–water partition coefficient (Wildman–Crippen LogP) is 4.35. The van der Waals surface area contributed by atoms with E-state index < -0.39 is 0 Å². The molecule has 0 aliphatic carbocycles. The lowest BCUT2D eigenvalue weighted by atomic mass is 10.1. The Balaban J connectivity index is 1.50. The van der Waals surface area contributed by atoms with Crippen molar-refractivity contribution in [2.75, 3.05) is 0 Å². The van der Waals surface area contributed by atoms with E-state index in [9.17, 15) is 4.39 Å². The monoisotopic (exact) mass is 385 g/mol. The molecular weight excluding hydrogens is 373 g/mol. The third-order valence-corrected chi connectivity index (χ3v) is 5.06. The summed E-state index contributed by atoms with van der Waals surface area (Å²) in [6.45, 7) is 0.321. The molecule has 0 spiro atoms. The lowest BCUT2D eigenvalue weighted by Crippen LogP contribution is -2.05. The third kappa shape index (κ3) is 3.84. The Morgan fingerprint density at radius 1 is 1.08 bits per heavy atom. The maximum Gasteiger partial charge on any atom is 0.185 e. The molecule has 0 atom stereocenters. The number of tetrazole rings is 1. The average Bonchev–Trinajstić information content (AvgIpc) is 3.09. The lowest BCUT2D eigenvalue weighted by Gasteiger charge is -2.05. The molecule has 0 radical (unpaired) electrons. The molecule has 130 valence electrons. The Morgan fingerprint density at radius 2 is 1.92 bits per heavy atom. The van der Waals surface area contributed by atoms with E-state index in [1.54, 1.807) is 23.9 Å². The number of nitrogens with zero attached hydrogens (tertiary/aromatic N) is 5. The molecule has 0 aliphatic heterocycles. The fourth-order valence-electron chi connectivity index (χ4n) is 2.50. The minimum absolute atomic E-state index is 0.313. The van der Waals surface area contributed by atoms with Gasteiger partial charge in [0.1, 0.15) is 11.0 Å². The third-order valence-electron chi connectivity index (χ3n) is 3.72. The summed E-state index contributed by atoms with van der Waals surface area (Å²) in [5.41, 5.74) is 1.36. The maximum atomic E-state index is 13.4. The summed E-state index contributed by atoms with van der Waals surface area (Å²) in [6, 6.07) is 16.2. The van der Waals surface area contributed by atoms with Gasteiger partial charge in [0.2, 0.25) is 0 Å². The fourth-order valence-corrected chi connectivity index (χ4v) is 3.46. The summed E-state index contributed by atoms with van der Waals surface area (Å²) in [5, 5.41) is 13.5. The van der Waals surface area contributed by atoms with Crippen molar-refractivity contribution < 1.29 is 4.39 Å². The molecule has 0 saturated heterocycles. The number of halogens is 2. The molecule has 0 aliphatic rings. The van der Waals surface area contributed by atoms with Crippen LogP contribution < -0.4 is 0 Å². The van der Waals surface area contributed by atoms with Crippen LogP contribution in [0, 0.1) is 5.82 Å². The van der Waals surface area contributed by atoms with Crippen LogP contribution in [0.15, 0.2) is 59.5 Å². The van der Waals surface area contributed by atoms with Crippen LogP contribution in [0.25, 0.3) is 10.9 Å². The molecule has 0 N–H and O–H groups in total. The molecule has 8 heteroatoms. The van der Waals surface area contributed by atoms with Gasteiger partial charge in [0.25, 0.3) is 0 Å². The molecule has 0 saturated carbocycles. The van der Waals surface area contributed by atoms with Gasteiger partial charge in [-0.3, -0.25) is 0 Å². The van der Waals surface area contributed by atoms with E-state index in [2.05, 4.69) is 20.4 Å². The zero-order valence-electron chi connectivity index (χ0n) is 13.5. The van der Waals surface area contributed by atoms with Crippen LogP contribution in [0.3, 0.4) is 0 Å². The number of hydrogen-bond donors (Lipinski definition) is 0. The molecule has 0 fully saturated rings. The van der Waals surface area contributed by atoms with Crippen molar-refractivity contribution in [1.29, 1.82) is 0 Å². The van der Waals surface area contributed by atoms with Crippen molar-refractivity contribution in [2.45, 2.75) is 17.2 Å². The number of aromatic nitrogens is 5. The molecule has 0 bridgehead atoms. The Bertz CT molecular complexity index is 1050. The molecule has 2 aromatic carbocycles. The van der Waals surface area contributed by atoms with Gasteiger partial charge < -0.3 is 0 Å². The van der Waals surface area contributed by atoms with E-state index in [0.717, 1.165) is 4.90 Å². The van der Waals surface area contributed by atoms with Gasteiger partial charge in [-0.1, -0.05) is 29.8 Å². The first-order valence-corrected chi connectivity index (χ1v) is 9.23. The average molecular weight is 386 g/mol. The fraction of sp³-hybridized carbons (Fsp3) is 0.111. The maximum absolute atomic E-state index is 13.4. The number of benzene rings is 2. The van der Waals surface area contributed by atoms with Crippen LogP contribution in [-0.2, 0) is 12.3 Å². The second kappa shape index (κ2) is 7.39. The first kappa shape index (κ1) is 16.9. The second-order valence-corrected chi connectivity index (χ2v) is 7.02. The number of hydrogen-bond acceptors (Lipinski definition) is 5. The van der Waals surface area contributed by atoms with Crippen LogP contribution in [0.1, 0.15) is 11.4 Å². The van der Waals surface area contributed by atoms with Crippen LogP contribution in [0.4, 0.5) is 4.39 Å². The summed E-state index contributed by atoms with van der Waals surface area (Å²) >= 11 is 7.88. The number of thioether (sulfide) groups is 1. The summed E-state index contributed by atoms with van der Waals surface area (Å²) < 4.78 is 13.4. The van der Waals surface area contributed by atoms with E-state index in [-0.39, 0.29) is 5.82 Å². The normalized spacial score (nSPS) is 11.2. The summed E-state index contributed by atoms with van der Waals surface area (Å²) in [5.74, 6) is 0.945. The molecule has 26 heavy (non-hydrogen) atoms. The molecule has 0 unspecified atom stereocenters. The molecular formula is C18H13ClFN5S. The van der Waals surface area contributed by atoms with Gasteiger partial charge in [-0.15, -0.1) is 22.0 Å². The van der Waals surface area contributed by atoms with Crippen molar-refractivity contribution in [2.24, 2.45) is 0 Å². The molecule has 5 nitrogen and oxygen atoms in total. The molecule has 2 aromatic heterocycles. The Hall–Kier alpha value is -2.51. The van der Waals surface area contributed by atoms with E-state index >= 15 is 0 Å². The minimum Gasteiger partial charge on any atom is -0.236 e. The first-order chi connectivity index (χ1) is 12.7. The molecule has 2 heterocycles. The standard InChI is InChI=1S/C18H13ClFN5S/c19-18-13(8-12-9-14(20)6-7-16(12)21-18)10-25-23-17(22-24-25)11-26-15-4-2-1-3-5-15/h1-9H,10-11H2. The van der Waals surface area contributed by atoms with Crippen LogP contribution >= 0.6 is 23.4 Å². The highest BCUT2D eigenvalue weighted by Crippen LogP contribution is 2.23. The van der Waals surface area contributed by atoms with Crippen molar-refractivity contribution in [3.05, 3.63) is 77.0 Å². The minimum atomic E-state index is -0.313. The van der Waals surface area contributed by atoms with Gasteiger partial charge in [0.15, 0.2) is 5.82 Å². The number of pyridine rings is 1. The SMILES string of the molecule is Fc1ccc2nc(Cl)c(Cn3nnc(CSc4ccccc4)n3)cc2c1. The van der Waals surface area contributed by atoms with Gasteiger partial charge in [0, 0.05) is 15.8 Å². The highest BCUT2D eigenvalue weighted by molar-refractivity contribution is 7.98. The summed E-state index contributed by atoms with van der Waals surface area (Å²) in [4.78, 5) is 6.91. The molecule has 0 amide bonds. The van der Waals surface area contributed by atoms with Gasteiger partial charge in [-0.2, -0.15) is 4.80 Å².